The Bertz CT molecular complexity index is 551. The number of carbonyl (C=O) groups excluding carboxylic acids is 2. The van der Waals surface area contributed by atoms with Gasteiger partial charge in [-0.05, 0) is 36.5 Å². The van der Waals surface area contributed by atoms with Crippen molar-refractivity contribution in [3.63, 3.8) is 0 Å². The standard InChI is InChI=1S/C20H30N2O2/c1-4-6-17-7-9-18(10-8-17)20(24)22-12-5-11-21(13-14-22)19(23)15-16(2)3/h7-10,16H,4-6,11-15H2,1-3H3. The number of carbonyl (C=O) groups is 2. The molecular weight excluding hydrogens is 300 g/mol. The number of hydrogen-bond acceptors (Lipinski definition) is 2. The second kappa shape index (κ2) is 8.86. The maximum Gasteiger partial charge on any atom is 0.253 e. The minimum Gasteiger partial charge on any atom is -0.341 e. The smallest absolute Gasteiger partial charge is 0.253 e. The van der Waals surface area contributed by atoms with E-state index < -0.39 is 0 Å². The van der Waals surface area contributed by atoms with Crippen molar-refractivity contribution in [3.8, 4) is 0 Å². The van der Waals surface area contributed by atoms with Crippen molar-refractivity contribution in [2.45, 2.75) is 46.5 Å². The van der Waals surface area contributed by atoms with Crippen molar-refractivity contribution in [2.24, 2.45) is 5.92 Å². The molecule has 0 N–H and O–H groups in total. The van der Waals surface area contributed by atoms with Gasteiger partial charge in [0.25, 0.3) is 5.91 Å². The molecule has 0 bridgehead atoms. The summed E-state index contributed by atoms with van der Waals surface area (Å²) in [6.45, 7) is 9.03. The summed E-state index contributed by atoms with van der Waals surface area (Å²) in [5, 5.41) is 0. The predicted octanol–water partition coefficient (Wildman–Crippen LogP) is 3.36. The zero-order valence-corrected chi connectivity index (χ0v) is 15.3. The highest BCUT2D eigenvalue weighted by Crippen LogP contribution is 2.13. The molecule has 24 heavy (non-hydrogen) atoms. The monoisotopic (exact) mass is 330 g/mol. The molecule has 2 amide bonds. The molecule has 0 saturated carbocycles. The first-order valence-corrected chi connectivity index (χ1v) is 9.17. The third kappa shape index (κ3) is 5.08. The molecule has 1 saturated heterocycles. The van der Waals surface area contributed by atoms with Gasteiger partial charge in [-0.25, -0.2) is 0 Å². The first-order valence-electron chi connectivity index (χ1n) is 9.17. The van der Waals surface area contributed by atoms with Crippen molar-refractivity contribution in [1.29, 1.82) is 0 Å². The maximum atomic E-state index is 12.7. The van der Waals surface area contributed by atoms with Crippen molar-refractivity contribution in [2.75, 3.05) is 26.2 Å². The molecule has 0 aromatic heterocycles. The van der Waals surface area contributed by atoms with Crippen molar-refractivity contribution in [1.82, 2.24) is 9.80 Å². The second-order valence-corrected chi connectivity index (χ2v) is 7.07. The van der Waals surface area contributed by atoms with Crippen LogP contribution in [0.2, 0.25) is 0 Å². The summed E-state index contributed by atoms with van der Waals surface area (Å²) in [5.74, 6) is 0.666. The van der Waals surface area contributed by atoms with E-state index >= 15 is 0 Å². The molecule has 0 radical (unpaired) electrons. The Balaban J connectivity index is 1.95. The van der Waals surface area contributed by atoms with Gasteiger partial charge in [0.1, 0.15) is 0 Å². The Labute approximate surface area is 145 Å². The van der Waals surface area contributed by atoms with Crippen LogP contribution < -0.4 is 0 Å². The Hall–Kier alpha value is -1.84. The van der Waals surface area contributed by atoms with Crippen molar-refractivity contribution < 1.29 is 9.59 Å². The van der Waals surface area contributed by atoms with E-state index in [4.69, 9.17) is 0 Å². The fourth-order valence-electron chi connectivity index (χ4n) is 3.13. The Kier molecular flexibility index (Phi) is 6.83. The van der Waals surface area contributed by atoms with Gasteiger partial charge in [0, 0.05) is 38.2 Å². The fraction of sp³-hybridized carbons (Fsp3) is 0.600. The summed E-state index contributed by atoms with van der Waals surface area (Å²) in [5.41, 5.74) is 2.02. The van der Waals surface area contributed by atoms with Gasteiger partial charge in [-0.3, -0.25) is 9.59 Å². The lowest BCUT2D eigenvalue weighted by Gasteiger charge is -2.23. The highest BCUT2D eigenvalue weighted by molar-refractivity contribution is 5.94. The van der Waals surface area contributed by atoms with Crippen LogP contribution in [0.15, 0.2) is 24.3 Å². The lowest BCUT2D eigenvalue weighted by Crippen LogP contribution is -2.37. The topological polar surface area (TPSA) is 40.6 Å². The molecule has 1 fully saturated rings. The molecule has 2 rings (SSSR count). The zero-order chi connectivity index (χ0) is 17.5. The molecule has 132 valence electrons. The van der Waals surface area contributed by atoms with Crippen LogP contribution in [0.1, 0.15) is 56.0 Å². The van der Waals surface area contributed by atoms with E-state index in [9.17, 15) is 9.59 Å². The third-order valence-electron chi connectivity index (χ3n) is 4.46. The van der Waals surface area contributed by atoms with Crippen LogP contribution in [0, 0.1) is 5.92 Å². The maximum absolute atomic E-state index is 12.7. The van der Waals surface area contributed by atoms with Crippen LogP contribution in [0.25, 0.3) is 0 Å². The quantitative estimate of drug-likeness (QED) is 0.830. The molecule has 0 spiro atoms. The summed E-state index contributed by atoms with van der Waals surface area (Å²) < 4.78 is 0. The molecule has 1 heterocycles. The minimum absolute atomic E-state index is 0.0798. The number of nitrogens with zero attached hydrogens (tertiary/aromatic N) is 2. The molecule has 1 aliphatic rings. The van der Waals surface area contributed by atoms with Crippen LogP contribution in [0.5, 0.6) is 0 Å². The number of aryl methyl sites for hydroxylation is 1. The summed E-state index contributed by atoms with van der Waals surface area (Å²) in [4.78, 5) is 28.7. The number of amides is 2. The highest BCUT2D eigenvalue weighted by atomic mass is 16.2. The van der Waals surface area contributed by atoms with Crippen molar-refractivity contribution >= 4 is 11.8 Å². The summed E-state index contributed by atoms with van der Waals surface area (Å²) in [7, 11) is 0. The molecule has 0 atom stereocenters. The third-order valence-corrected chi connectivity index (χ3v) is 4.46. The number of hydrogen-bond donors (Lipinski definition) is 0. The van der Waals surface area contributed by atoms with Gasteiger partial charge in [-0.2, -0.15) is 0 Å². The predicted molar refractivity (Wildman–Crippen MR) is 97.0 cm³/mol. The molecule has 0 unspecified atom stereocenters. The fourth-order valence-corrected chi connectivity index (χ4v) is 3.13. The average Bonchev–Trinajstić information content (AvgIpc) is 2.81. The van der Waals surface area contributed by atoms with E-state index in [0.29, 0.717) is 25.4 Å². The summed E-state index contributed by atoms with van der Waals surface area (Å²) >= 11 is 0. The van der Waals surface area contributed by atoms with E-state index in [1.165, 1.54) is 5.56 Å². The minimum atomic E-state index is 0.0798. The number of rotatable bonds is 5. The first kappa shape index (κ1) is 18.5. The van der Waals surface area contributed by atoms with Gasteiger partial charge in [-0.1, -0.05) is 39.3 Å². The van der Waals surface area contributed by atoms with E-state index in [0.717, 1.165) is 37.9 Å². The number of benzene rings is 1. The molecule has 1 aliphatic heterocycles. The van der Waals surface area contributed by atoms with Crippen LogP contribution in [0.3, 0.4) is 0 Å². The van der Waals surface area contributed by atoms with E-state index in [-0.39, 0.29) is 11.8 Å². The molecule has 0 aliphatic carbocycles. The van der Waals surface area contributed by atoms with Gasteiger partial charge in [-0.15, -0.1) is 0 Å². The van der Waals surface area contributed by atoms with Gasteiger partial charge >= 0.3 is 0 Å². The second-order valence-electron chi connectivity index (χ2n) is 7.07. The van der Waals surface area contributed by atoms with Crippen LogP contribution in [-0.4, -0.2) is 47.8 Å². The average molecular weight is 330 g/mol. The van der Waals surface area contributed by atoms with Gasteiger partial charge < -0.3 is 9.80 Å². The largest absolute Gasteiger partial charge is 0.341 e. The van der Waals surface area contributed by atoms with Gasteiger partial charge in [0.2, 0.25) is 5.91 Å². The molecule has 4 nitrogen and oxygen atoms in total. The SMILES string of the molecule is CCCc1ccc(C(=O)N2CCCN(C(=O)CC(C)C)CC2)cc1. The molecular formula is C20H30N2O2. The van der Waals surface area contributed by atoms with Crippen LogP contribution in [0.4, 0.5) is 0 Å². The molecule has 4 heteroatoms. The van der Waals surface area contributed by atoms with E-state index in [2.05, 4.69) is 20.8 Å². The Morgan fingerprint density at radius 3 is 2.25 bits per heavy atom. The summed E-state index contributed by atoms with van der Waals surface area (Å²) in [6.07, 6.45) is 3.60. The van der Waals surface area contributed by atoms with Gasteiger partial charge in [0.05, 0.1) is 0 Å². The van der Waals surface area contributed by atoms with Crippen LogP contribution >= 0.6 is 0 Å². The zero-order valence-electron chi connectivity index (χ0n) is 15.3. The first-order chi connectivity index (χ1) is 11.5. The van der Waals surface area contributed by atoms with Crippen LogP contribution in [-0.2, 0) is 11.2 Å². The Morgan fingerprint density at radius 2 is 1.62 bits per heavy atom. The highest BCUT2D eigenvalue weighted by Gasteiger charge is 2.23. The lowest BCUT2D eigenvalue weighted by molar-refractivity contribution is -0.131. The molecule has 1 aromatic carbocycles. The molecule has 1 aromatic rings. The summed E-state index contributed by atoms with van der Waals surface area (Å²) in [6, 6.07) is 7.96. The van der Waals surface area contributed by atoms with E-state index in [1.807, 2.05) is 34.1 Å². The van der Waals surface area contributed by atoms with Crippen molar-refractivity contribution in [3.05, 3.63) is 35.4 Å². The van der Waals surface area contributed by atoms with E-state index in [1.54, 1.807) is 0 Å². The normalized spacial score (nSPS) is 15.5. The Morgan fingerprint density at radius 1 is 1.00 bits per heavy atom. The lowest BCUT2D eigenvalue weighted by atomic mass is 10.1. The van der Waals surface area contributed by atoms with Gasteiger partial charge in [0.15, 0.2) is 0 Å².